The summed E-state index contributed by atoms with van der Waals surface area (Å²) in [5, 5.41) is 7.62. The van der Waals surface area contributed by atoms with Crippen LogP contribution >= 0.6 is 22.9 Å². The largest absolute Gasteiger partial charge is 0.309 e. The minimum absolute atomic E-state index is 0.348. The fraction of sp³-hybridized carbons (Fsp3) is 0.400. The lowest BCUT2D eigenvalue weighted by Crippen LogP contribution is -2.25. The van der Waals surface area contributed by atoms with E-state index in [1.807, 2.05) is 29.8 Å². The van der Waals surface area contributed by atoms with Crippen molar-refractivity contribution < 1.29 is 0 Å². The van der Waals surface area contributed by atoms with Gasteiger partial charge in [0.2, 0.25) is 0 Å². The zero-order chi connectivity index (χ0) is 13.7. The molecule has 0 radical (unpaired) electrons. The molecule has 1 aromatic carbocycles. The highest BCUT2D eigenvalue weighted by molar-refractivity contribution is 7.09. The van der Waals surface area contributed by atoms with Gasteiger partial charge in [0.25, 0.3) is 0 Å². The number of halogens is 1. The number of nitrogens with one attached hydrogen (secondary N) is 1. The van der Waals surface area contributed by atoms with Crippen molar-refractivity contribution in [1.29, 1.82) is 0 Å². The first-order valence-corrected chi connectivity index (χ1v) is 7.84. The maximum Gasteiger partial charge on any atom is 0.0965 e. The number of hydrogen-bond acceptors (Lipinski definition) is 3. The van der Waals surface area contributed by atoms with Gasteiger partial charge in [-0.15, -0.1) is 11.3 Å². The van der Waals surface area contributed by atoms with Gasteiger partial charge in [0.15, 0.2) is 0 Å². The van der Waals surface area contributed by atoms with E-state index in [2.05, 4.69) is 30.2 Å². The van der Waals surface area contributed by atoms with Gasteiger partial charge in [-0.1, -0.05) is 37.6 Å². The minimum atomic E-state index is 0.348. The quantitative estimate of drug-likeness (QED) is 0.839. The molecule has 2 unspecified atom stereocenters. The van der Waals surface area contributed by atoms with Crippen molar-refractivity contribution in [2.24, 2.45) is 0 Å². The first-order chi connectivity index (χ1) is 9.20. The molecule has 0 saturated heterocycles. The second-order valence-corrected chi connectivity index (χ2v) is 6.06. The SMILES string of the molecule is CCC(NCC(C)c1nccs1)c1cccc(Cl)c1. The van der Waals surface area contributed by atoms with Crippen LogP contribution in [0, 0.1) is 0 Å². The smallest absolute Gasteiger partial charge is 0.0965 e. The number of hydrogen-bond donors (Lipinski definition) is 1. The average Bonchev–Trinajstić information content (AvgIpc) is 2.93. The Morgan fingerprint density at radius 1 is 1.42 bits per heavy atom. The highest BCUT2D eigenvalue weighted by Crippen LogP contribution is 2.22. The van der Waals surface area contributed by atoms with E-state index < -0.39 is 0 Å². The van der Waals surface area contributed by atoms with Gasteiger partial charge in [0.1, 0.15) is 0 Å². The maximum absolute atomic E-state index is 6.05. The van der Waals surface area contributed by atoms with E-state index in [-0.39, 0.29) is 0 Å². The maximum atomic E-state index is 6.05. The second kappa shape index (κ2) is 7.04. The third kappa shape index (κ3) is 4.03. The number of benzene rings is 1. The van der Waals surface area contributed by atoms with Gasteiger partial charge in [-0.3, -0.25) is 0 Å². The van der Waals surface area contributed by atoms with Crippen LogP contribution in [0.3, 0.4) is 0 Å². The first kappa shape index (κ1) is 14.5. The Morgan fingerprint density at radius 3 is 2.89 bits per heavy atom. The lowest BCUT2D eigenvalue weighted by Gasteiger charge is -2.19. The summed E-state index contributed by atoms with van der Waals surface area (Å²) in [5.74, 6) is 0.438. The van der Waals surface area contributed by atoms with Crippen molar-refractivity contribution in [2.45, 2.75) is 32.2 Å². The minimum Gasteiger partial charge on any atom is -0.309 e. The van der Waals surface area contributed by atoms with Crippen LogP contribution in [0.15, 0.2) is 35.8 Å². The van der Waals surface area contributed by atoms with Gasteiger partial charge in [0, 0.05) is 35.1 Å². The highest BCUT2D eigenvalue weighted by atomic mass is 35.5. The van der Waals surface area contributed by atoms with E-state index in [9.17, 15) is 0 Å². The lowest BCUT2D eigenvalue weighted by molar-refractivity contribution is 0.494. The topological polar surface area (TPSA) is 24.9 Å². The summed E-state index contributed by atoms with van der Waals surface area (Å²) < 4.78 is 0. The van der Waals surface area contributed by atoms with Crippen LogP contribution in [-0.4, -0.2) is 11.5 Å². The molecule has 0 saturated carbocycles. The standard InChI is InChI=1S/C15H19ClN2S/c1-3-14(12-5-4-6-13(16)9-12)18-10-11(2)15-17-7-8-19-15/h4-9,11,14,18H,3,10H2,1-2H3. The summed E-state index contributed by atoms with van der Waals surface area (Å²) in [4.78, 5) is 4.36. The summed E-state index contributed by atoms with van der Waals surface area (Å²) in [6.07, 6.45) is 2.91. The Labute approximate surface area is 123 Å². The second-order valence-electron chi connectivity index (χ2n) is 4.70. The van der Waals surface area contributed by atoms with Crippen molar-refractivity contribution in [3.05, 3.63) is 51.4 Å². The lowest BCUT2D eigenvalue weighted by atomic mass is 10.0. The van der Waals surface area contributed by atoms with Gasteiger partial charge >= 0.3 is 0 Å². The average molecular weight is 295 g/mol. The molecule has 0 amide bonds. The first-order valence-electron chi connectivity index (χ1n) is 6.59. The van der Waals surface area contributed by atoms with Gasteiger partial charge in [0.05, 0.1) is 5.01 Å². The van der Waals surface area contributed by atoms with Crippen LogP contribution in [-0.2, 0) is 0 Å². The van der Waals surface area contributed by atoms with E-state index in [0.29, 0.717) is 12.0 Å². The molecule has 2 atom stereocenters. The van der Waals surface area contributed by atoms with Crippen LogP contribution in [0.5, 0.6) is 0 Å². The Bertz CT molecular complexity index is 499. The summed E-state index contributed by atoms with van der Waals surface area (Å²) in [6.45, 7) is 5.32. The van der Waals surface area contributed by atoms with Crippen molar-refractivity contribution >= 4 is 22.9 Å². The molecule has 2 nitrogen and oxygen atoms in total. The van der Waals surface area contributed by atoms with Gasteiger partial charge in [-0.05, 0) is 24.1 Å². The normalized spacial score (nSPS) is 14.3. The zero-order valence-corrected chi connectivity index (χ0v) is 12.8. The Balaban J connectivity index is 1.96. The monoisotopic (exact) mass is 294 g/mol. The molecule has 0 spiro atoms. The molecule has 0 aliphatic carbocycles. The predicted octanol–water partition coefficient (Wildman–Crippen LogP) is 4.64. The molecule has 0 bridgehead atoms. The molecule has 2 aromatic rings. The van der Waals surface area contributed by atoms with Crippen LogP contribution in [0.4, 0.5) is 0 Å². The summed E-state index contributed by atoms with van der Waals surface area (Å²) in [7, 11) is 0. The third-order valence-electron chi connectivity index (χ3n) is 3.20. The highest BCUT2D eigenvalue weighted by Gasteiger charge is 2.13. The summed E-state index contributed by atoms with van der Waals surface area (Å²) in [6, 6.07) is 8.43. The Kier molecular flexibility index (Phi) is 5.37. The number of aromatic nitrogens is 1. The van der Waals surface area contributed by atoms with Gasteiger partial charge < -0.3 is 5.32 Å². The van der Waals surface area contributed by atoms with E-state index in [1.54, 1.807) is 11.3 Å². The van der Waals surface area contributed by atoms with Crippen LogP contribution < -0.4 is 5.32 Å². The zero-order valence-electron chi connectivity index (χ0n) is 11.3. The van der Waals surface area contributed by atoms with Crippen molar-refractivity contribution in [2.75, 3.05) is 6.54 Å². The van der Waals surface area contributed by atoms with E-state index >= 15 is 0 Å². The fourth-order valence-electron chi connectivity index (χ4n) is 2.11. The summed E-state index contributed by atoms with van der Waals surface area (Å²) >= 11 is 7.77. The van der Waals surface area contributed by atoms with E-state index in [1.165, 1.54) is 10.6 Å². The van der Waals surface area contributed by atoms with Crippen molar-refractivity contribution in [3.63, 3.8) is 0 Å². The Morgan fingerprint density at radius 2 is 2.26 bits per heavy atom. The van der Waals surface area contributed by atoms with Gasteiger partial charge in [-0.2, -0.15) is 0 Å². The van der Waals surface area contributed by atoms with Crippen molar-refractivity contribution in [3.8, 4) is 0 Å². The van der Waals surface area contributed by atoms with Crippen molar-refractivity contribution in [1.82, 2.24) is 10.3 Å². The van der Waals surface area contributed by atoms with Gasteiger partial charge in [-0.25, -0.2) is 4.98 Å². The molecule has 19 heavy (non-hydrogen) atoms. The van der Waals surface area contributed by atoms with Crippen LogP contribution in [0.1, 0.15) is 42.8 Å². The molecule has 102 valence electrons. The molecule has 1 aromatic heterocycles. The number of thiazole rings is 1. The predicted molar refractivity (Wildman–Crippen MR) is 83.0 cm³/mol. The molecule has 0 fully saturated rings. The molecule has 1 heterocycles. The molecule has 2 rings (SSSR count). The van der Waals surface area contributed by atoms with E-state index in [0.717, 1.165) is 18.0 Å². The molecule has 1 N–H and O–H groups in total. The molecular weight excluding hydrogens is 276 g/mol. The fourth-order valence-corrected chi connectivity index (χ4v) is 3.00. The van der Waals surface area contributed by atoms with E-state index in [4.69, 9.17) is 11.6 Å². The molecular formula is C15H19ClN2S. The molecule has 0 aliphatic rings. The molecule has 4 heteroatoms. The molecule has 0 aliphatic heterocycles. The van der Waals surface area contributed by atoms with Crippen LogP contribution in [0.2, 0.25) is 5.02 Å². The Hall–Kier alpha value is -0.900. The number of nitrogens with zero attached hydrogens (tertiary/aromatic N) is 1. The van der Waals surface area contributed by atoms with Crippen LogP contribution in [0.25, 0.3) is 0 Å². The number of rotatable bonds is 6. The summed E-state index contributed by atoms with van der Waals surface area (Å²) in [5.41, 5.74) is 1.25. The third-order valence-corrected chi connectivity index (χ3v) is 4.44.